The van der Waals surface area contributed by atoms with E-state index in [-0.39, 0.29) is 5.91 Å². The van der Waals surface area contributed by atoms with E-state index in [0.29, 0.717) is 18.7 Å². The van der Waals surface area contributed by atoms with Crippen LogP contribution in [0, 0.1) is 6.92 Å². The van der Waals surface area contributed by atoms with Crippen molar-refractivity contribution in [2.75, 3.05) is 31.5 Å². The lowest BCUT2D eigenvalue weighted by atomic mass is 10.1. The van der Waals surface area contributed by atoms with E-state index in [2.05, 4.69) is 51.8 Å². The first-order valence-corrected chi connectivity index (χ1v) is 10.2. The number of imidazole rings is 1. The van der Waals surface area contributed by atoms with Crippen molar-refractivity contribution in [1.82, 2.24) is 20.2 Å². The monoisotopic (exact) mass is 445 g/mol. The van der Waals surface area contributed by atoms with Crippen LogP contribution in [0.4, 0.5) is 11.4 Å². The van der Waals surface area contributed by atoms with Crippen molar-refractivity contribution < 1.29 is 4.79 Å². The van der Waals surface area contributed by atoms with Crippen LogP contribution < -0.4 is 15.9 Å². The third-order valence-corrected chi connectivity index (χ3v) is 5.89. The average molecular weight is 446 g/mol. The van der Waals surface area contributed by atoms with E-state index >= 15 is 0 Å². The fourth-order valence-electron chi connectivity index (χ4n) is 3.35. The Labute approximate surface area is 168 Å². The Morgan fingerprint density at radius 1 is 1.30 bits per heavy atom. The molecule has 8 heteroatoms. The number of hydrogen-bond acceptors (Lipinski definition) is 4. The summed E-state index contributed by atoms with van der Waals surface area (Å²) < 4.78 is 1.02. The maximum absolute atomic E-state index is 13.3. The Morgan fingerprint density at radius 2 is 2.07 bits per heavy atom. The summed E-state index contributed by atoms with van der Waals surface area (Å²) in [7, 11) is 2.74. The lowest BCUT2D eigenvalue weighted by Crippen LogP contribution is -2.46. The van der Waals surface area contributed by atoms with Gasteiger partial charge in [-0.3, -0.25) is 4.79 Å². The highest BCUT2D eigenvalue weighted by atomic mass is 79.9. The molecule has 1 saturated heterocycles. The van der Waals surface area contributed by atoms with Gasteiger partial charge in [0.15, 0.2) is 0 Å². The van der Waals surface area contributed by atoms with Crippen molar-refractivity contribution in [2.24, 2.45) is 0 Å². The SMILES string of the molecule is Cc1cc(Br)ccc1Nc1c(C(=O)N2CCNCC2)cc2[nH]cnc2c1P. The number of anilines is 2. The number of amides is 1. The molecule has 1 atom stereocenters. The van der Waals surface area contributed by atoms with Gasteiger partial charge in [0.25, 0.3) is 5.91 Å². The van der Waals surface area contributed by atoms with E-state index in [0.717, 1.165) is 50.8 Å². The van der Waals surface area contributed by atoms with E-state index in [1.54, 1.807) is 6.33 Å². The lowest BCUT2D eigenvalue weighted by Gasteiger charge is -2.28. The molecule has 0 saturated carbocycles. The fourth-order valence-corrected chi connectivity index (χ4v) is 4.29. The first-order valence-electron chi connectivity index (χ1n) is 8.83. The lowest BCUT2D eigenvalue weighted by molar-refractivity contribution is 0.0737. The maximum atomic E-state index is 13.3. The topological polar surface area (TPSA) is 73.1 Å². The zero-order chi connectivity index (χ0) is 19.0. The number of hydrogen-bond donors (Lipinski definition) is 3. The summed E-state index contributed by atoms with van der Waals surface area (Å²) in [5, 5.41) is 7.65. The number of aromatic amines is 1. The van der Waals surface area contributed by atoms with Crippen LogP contribution in [0.3, 0.4) is 0 Å². The summed E-state index contributed by atoms with van der Waals surface area (Å²) in [6, 6.07) is 7.95. The van der Waals surface area contributed by atoms with E-state index in [1.807, 2.05) is 30.0 Å². The van der Waals surface area contributed by atoms with Crippen LogP contribution in [0.25, 0.3) is 11.0 Å². The Bertz CT molecular complexity index is 1010. The average Bonchev–Trinajstić information content (AvgIpc) is 3.15. The second-order valence-corrected chi connectivity index (χ2v) is 8.13. The molecule has 1 aromatic heterocycles. The fraction of sp³-hybridized carbons (Fsp3) is 0.263. The van der Waals surface area contributed by atoms with E-state index in [1.165, 1.54) is 0 Å². The van der Waals surface area contributed by atoms with Crippen molar-refractivity contribution in [2.45, 2.75) is 6.92 Å². The summed E-state index contributed by atoms with van der Waals surface area (Å²) in [5.41, 5.74) is 5.20. The summed E-state index contributed by atoms with van der Waals surface area (Å²) in [6.45, 7) is 5.10. The normalized spacial score (nSPS) is 14.6. The van der Waals surface area contributed by atoms with Gasteiger partial charge in [-0.15, -0.1) is 9.24 Å². The third kappa shape index (κ3) is 3.59. The van der Waals surface area contributed by atoms with Crippen molar-refractivity contribution >= 4 is 58.8 Å². The van der Waals surface area contributed by atoms with E-state index in [9.17, 15) is 4.79 Å². The molecule has 1 fully saturated rings. The molecule has 2 heterocycles. The molecule has 0 spiro atoms. The number of rotatable bonds is 3. The predicted molar refractivity (Wildman–Crippen MR) is 116 cm³/mol. The van der Waals surface area contributed by atoms with Gasteiger partial charge in [-0.05, 0) is 36.8 Å². The van der Waals surface area contributed by atoms with Crippen molar-refractivity contribution in [3.05, 3.63) is 46.2 Å². The minimum absolute atomic E-state index is 0.0361. The largest absolute Gasteiger partial charge is 0.354 e. The van der Waals surface area contributed by atoms with Crippen molar-refractivity contribution in [1.29, 1.82) is 0 Å². The predicted octanol–water partition coefficient (Wildman–Crippen LogP) is 2.92. The first kappa shape index (κ1) is 18.4. The zero-order valence-electron chi connectivity index (χ0n) is 15.0. The van der Waals surface area contributed by atoms with Crippen LogP contribution in [0.15, 0.2) is 35.1 Å². The number of piperazine rings is 1. The summed E-state index contributed by atoms with van der Waals surface area (Å²) in [5.74, 6) is 0.0361. The van der Waals surface area contributed by atoms with Crippen LogP contribution in [0.1, 0.15) is 15.9 Å². The second-order valence-electron chi connectivity index (χ2n) is 6.64. The van der Waals surface area contributed by atoms with Crippen LogP contribution in [-0.4, -0.2) is 47.0 Å². The van der Waals surface area contributed by atoms with Gasteiger partial charge in [0.2, 0.25) is 0 Å². The number of aromatic nitrogens is 2. The number of fused-ring (bicyclic) bond motifs is 1. The standard InChI is InChI=1S/C19H21BrN5OP/c1-11-8-12(20)2-3-14(11)24-16-13(19(26)25-6-4-21-5-7-25)9-15-17(18(16)27)23-10-22-15/h2-3,8-10,21,24H,4-7,27H2,1H3,(H,22,23). The number of carbonyl (C=O) groups is 1. The summed E-state index contributed by atoms with van der Waals surface area (Å²) >= 11 is 3.50. The molecule has 3 aromatic rings. The number of aryl methyl sites for hydroxylation is 1. The zero-order valence-corrected chi connectivity index (χ0v) is 17.7. The highest BCUT2D eigenvalue weighted by molar-refractivity contribution is 9.10. The molecule has 1 aliphatic heterocycles. The highest BCUT2D eigenvalue weighted by Gasteiger charge is 2.24. The van der Waals surface area contributed by atoms with Gasteiger partial charge in [-0.2, -0.15) is 0 Å². The molecule has 0 bridgehead atoms. The van der Waals surface area contributed by atoms with Gasteiger partial charge in [-0.1, -0.05) is 15.9 Å². The van der Waals surface area contributed by atoms with Crippen molar-refractivity contribution in [3.8, 4) is 0 Å². The van der Waals surface area contributed by atoms with Crippen LogP contribution >= 0.6 is 25.2 Å². The molecule has 1 unspecified atom stereocenters. The summed E-state index contributed by atoms with van der Waals surface area (Å²) in [6.07, 6.45) is 1.66. The molecule has 0 aliphatic carbocycles. The van der Waals surface area contributed by atoms with Crippen molar-refractivity contribution in [3.63, 3.8) is 0 Å². The second kappa shape index (κ2) is 7.58. The van der Waals surface area contributed by atoms with Crippen LogP contribution in [0.2, 0.25) is 0 Å². The molecule has 4 rings (SSSR count). The minimum atomic E-state index is 0.0361. The number of benzene rings is 2. The van der Waals surface area contributed by atoms with Gasteiger partial charge in [0.1, 0.15) is 0 Å². The Balaban J connectivity index is 1.81. The molecule has 3 N–H and O–H groups in total. The Morgan fingerprint density at radius 3 is 2.81 bits per heavy atom. The van der Waals surface area contributed by atoms with Crippen LogP contribution in [-0.2, 0) is 0 Å². The highest BCUT2D eigenvalue weighted by Crippen LogP contribution is 2.29. The quantitative estimate of drug-likeness (QED) is 0.542. The number of carbonyl (C=O) groups excluding carboxylic acids is 1. The number of halogens is 1. The molecule has 27 heavy (non-hydrogen) atoms. The first-order chi connectivity index (χ1) is 13.0. The number of nitrogens with one attached hydrogen (secondary N) is 3. The number of H-pyrrole nitrogens is 1. The van der Waals surface area contributed by atoms with Gasteiger partial charge in [0.05, 0.1) is 28.6 Å². The van der Waals surface area contributed by atoms with Crippen LogP contribution in [0.5, 0.6) is 0 Å². The maximum Gasteiger partial charge on any atom is 0.256 e. The molecule has 6 nitrogen and oxygen atoms in total. The molecular weight excluding hydrogens is 425 g/mol. The third-order valence-electron chi connectivity index (χ3n) is 4.83. The van der Waals surface area contributed by atoms with Gasteiger partial charge in [0, 0.05) is 41.6 Å². The number of nitrogens with zero attached hydrogens (tertiary/aromatic N) is 2. The summed E-state index contributed by atoms with van der Waals surface area (Å²) in [4.78, 5) is 22.7. The molecular formula is C19H21BrN5OP. The van der Waals surface area contributed by atoms with Gasteiger partial charge >= 0.3 is 0 Å². The van der Waals surface area contributed by atoms with E-state index < -0.39 is 0 Å². The van der Waals surface area contributed by atoms with Gasteiger partial charge in [-0.25, -0.2) is 4.98 Å². The molecule has 2 aromatic carbocycles. The Kier molecular flexibility index (Phi) is 5.17. The molecule has 140 valence electrons. The molecule has 0 radical (unpaired) electrons. The molecule has 1 amide bonds. The Hall–Kier alpha value is -1.95. The minimum Gasteiger partial charge on any atom is -0.354 e. The van der Waals surface area contributed by atoms with E-state index in [4.69, 9.17) is 0 Å². The van der Waals surface area contributed by atoms with Gasteiger partial charge < -0.3 is 20.5 Å². The molecule has 1 aliphatic rings. The smallest absolute Gasteiger partial charge is 0.256 e.